The first-order chi connectivity index (χ1) is 6.61. The maximum atomic E-state index is 12.4. The van der Waals surface area contributed by atoms with E-state index in [1.807, 2.05) is 0 Å². The molecule has 0 atom stereocenters. The number of alkyl halides is 2. The largest absolute Gasteiger partial charge is 0.494 e. The lowest BCUT2D eigenvalue weighted by Crippen LogP contribution is -2.02. The monoisotopic (exact) mass is 203 g/mol. The Kier molecular flexibility index (Phi) is 3.35. The summed E-state index contributed by atoms with van der Waals surface area (Å²) in [4.78, 5) is 3.70. The van der Waals surface area contributed by atoms with Gasteiger partial charge in [0.1, 0.15) is 11.4 Å². The van der Waals surface area contributed by atoms with E-state index in [-0.39, 0.29) is 23.6 Å². The summed E-state index contributed by atoms with van der Waals surface area (Å²) in [6, 6.07) is 0. The van der Waals surface area contributed by atoms with E-state index in [1.54, 1.807) is 0 Å². The predicted molar refractivity (Wildman–Crippen MR) is 46.4 cm³/mol. The van der Waals surface area contributed by atoms with Gasteiger partial charge in [-0.15, -0.1) is 0 Å². The third-order valence-electron chi connectivity index (χ3n) is 1.98. The molecule has 0 radical (unpaired) electrons. The zero-order valence-corrected chi connectivity index (χ0v) is 7.92. The molecule has 5 heteroatoms. The minimum atomic E-state index is -2.58. The first-order valence-electron chi connectivity index (χ1n) is 4.03. The molecule has 1 aromatic rings. The van der Waals surface area contributed by atoms with Gasteiger partial charge in [-0.1, -0.05) is 0 Å². The van der Waals surface area contributed by atoms with Crippen molar-refractivity contribution in [3.63, 3.8) is 0 Å². The highest BCUT2D eigenvalue weighted by atomic mass is 19.3. The van der Waals surface area contributed by atoms with E-state index >= 15 is 0 Å². The molecule has 1 rings (SSSR count). The number of rotatable bonds is 3. The van der Waals surface area contributed by atoms with Gasteiger partial charge in [-0.25, -0.2) is 8.78 Å². The molecular weight excluding hydrogens is 192 g/mol. The zero-order valence-electron chi connectivity index (χ0n) is 7.92. The Hall–Kier alpha value is -1.23. The lowest BCUT2D eigenvalue weighted by molar-refractivity contribution is 0.149. The van der Waals surface area contributed by atoms with E-state index in [9.17, 15) is 8.78 Å². The highest BCUT2D eigenvalue weighted by Crippen LogP contribution is 2.30. The molecule has 3 nitrogen and oxygen atoms in total. The molecule has 0 bridgehead atoms. The summed E-state index contributed by atoms with van der Waals surface area (Å²) < 4.78 is 29.7. The SMILES string of the molecule is COc1c(CO)ncc(C(F)F)c1C. The molecule has 0 aromatic carbocycles. The fourth-order valence-electron chi connectivity index (χ4n) is 1.25. The molecule has 0 unspecified atom stereocenters. The van der Waals surface area contributed by atoms with Gasteiger partial charge in [0.2, 0.25) is 0 Å². The van der Waals surface area contributed by atoms with Crippen LogP contribution in [0.3, 0.4) is 0 Å². The Morgan fingerprint density at radius 1 is 1.57 bits per heavy atom. The number of nitrogens with zero attached hydrogens (tertiary/aromatic N) is 1. The van der Waals surface area contributed by atoms with Gasteiger partial charge in [0.05, 0.1) is 13.7 Å². The number of ether oxygens (including phenoxy) is 1. The Morgan fingerprint density at radius 3 is 2.64 bits per heavy atom. The summed E-state index contributed by atoms with van der Waals surface area (Å²) in [5.74, 6) is 0.227. The zero-order chi connectivity index (χ0) is 10.7. The predicted octanol–water partition coefficient (Wildman–Crippen LogP) is 1.83. The van der Waals surface area contributed by atoms with E-state index in [4.69, 9.17) is 9.84 Å². The van der Waals surface area contributed by atoms with Gasteiger partial charge >= 0.3 is 0 Å². The number of hydrogen-bond donors (Lipinski definition) is 1. The van der Waals surface area contributed by atoms with E-state index in [2.05, 4.69) is 4.98 Å². The van der Waals surface area contributed by atoms with Crippen LogP contribution in [0.4, 0.5) is 8.78 Å². The number of methoxy groups -OCH3 is 1. The standard InChI is InChI=1S/C9H11F2NO2/c1-5-6(9(10)11)3-12-7(4-13)8(5)14-2/h3,9,13H,4H2,1-2H3. The van der Waals surface area contributed by atoms with Crippen LogP contribution in [-0.4, -0.2) is 17.2 Å². The van der Waals surface area contributed by atoms with Crippen LogP contribution in [0.15, 0.2) is 6.20 Å². The molecule has 14 heavy (non-hydrogen) atoms. The molecule has 0 aliphatic heterocycles. The minimum Gasteiger partial charge on any atom is -0.494 e. The molecule has 1 aromatic heterocycles. The Morgan fingerprint density at radius 2 is 2.21 bits per heavy atom. The summed E-state index contributed by atoms with van der Waals surface area (Å²) in [6.07, 6.45) is -1.52. The van der Waals surface area contributed by atoms with Crippen molar-refractivity contribution in [1.29, 1.82) is 0 Å². The van der Waals surface area contributed by atoms with E-state index in [0.29, 0.717) is 5.56 Å². The summed E-state index contributed by atoms with van der Waals surface area (Å²) in [7, 11) is 1.36. The molecule has 0 amide bonds. The van der Waals surface area contributed by atoms with Gasteiger partial charge in [0.15, 0.2) is 0 Å². The first-order valence-corrected chi connectivity index (χ1v) is 4.03. The second-order valence-corrected chi connectivity index (χ2v) is 2.78. The van der Waals surface area contributed by atoms with Crippen molar-refractivity contribution in [1.82, 2.24) is 4.98 Å². The number of aromatic nitrogens is 1. The minimum absolute atomic E-state index is 0.168. The van der Waals surface area contributed by atoms with Gasteiger partial charge < -0.3 is 9.84 Å². The molecule has 0 saturated carbocycles. The van der Waals surface area contributed by atoms with Crippen molar-refractivity contribution < 1.29 is 18.6 Å². The van der Waals surface area contributed by atoms with E-state index < -0.39 is 6.43 Å². The van der Waals surface area contributed by atoms with Crippen molar-refractivity contribution in [3.8, 4) is 5.75 Å². The molecule has 0 saturated heterocycles. The molecule has 0 fully saturated rings. The van der Waals surface area contributed by atoms with Crippen LogP contribution in [0.2, 0.25) is 0 Å². The quantitative estimate of drug-likeness (QED) is 0.814. The van der Waals surface area contributed by atoms with Crippen molar-refractivity contribution >= 4 is 0 Å². The van der Waals surface area contributed by atoms with Gasteiger partial charge in [-0.05, 0) is 6.92 Å². The van der Waals surface area contributed by atoms with E-state index in [0.717, 1.165) is 6.20 Å². The Labute approximate surface area is 80.3 Å². The summed E-state index contributed by atoms with van der Waals surface area (Å²) in [5, 5.41) is 8.87. The number of halogens is 2. The highest BCUT2D eigenvalue weighted by Gasteiger charge is 2.17. The van der Waals surface area contributed by atoms with Crippen molar-refractivity contribution in [2.45, 2.75) is 20.0 Å². The smallest absolute Gasteiger partial charge is 0.265 e. The lowest BCUT2D eigenvalue weighted by Gasteiger charge is -2.12. The van der Waals surface area contributed by atoms with Crippen LogP contribution in [0, 0.1) is 6.92 Å². The van der Waals surface area contributed by atoms with Gasteiger partial charge in [0, 0.05) is 17.3 Å². The van der Waals surface area contributed by atoms with Crippen LogP contribution in [0.5, 0.6) is 5.75 Å². The van der Waals surface area contributed by atoms with Crippen LogP contribution in [0.1, 0.15) is 23.2 Å². The average molecular weight is 203 g/mol. The number of aliphatic hydroxyl groups excluding tert-OH is 1. The summed E-state index contributed by atoms with van der Waals surface area (Å²) in [5.41, 5.74) is 0.426. The molecule has 0 spiro atoms. The van der Waals surface area contributed by atoms with Crippen molar-refractivity contribution in [2.24, 2.45) is 0 Å². The molecule has 0 aliphatic rings. The van der Waals surface area contributed by atoms with Crippen molar-refractivity contribution in [3.05, 3.63) is 23.0 Å². The van der Waals surface area contributed by atoms with Crippen molar-refractivity contribution in [2.75, 3.05) is 7.11 Å². The number of pyridine rings is 1. The molecule has 0 aliphatic carbocycles. The van der Waals surface area contributed by atoms with E-state index in [1.165, 1.54) is 14.0 Å². The topological polar surface area (TPSA) is 42.4 Å². The van der Waals surface area contributed by atoms with Gasteiger partial charge in [-0.3, -0.25) is 4.98 Å². The highest BCUT2D eigenvalue weighted by molar-refractivity contribution is 5.41. The first kappa shape index (κ1) is 10.8. The fourth-order valence-corrected chi connectivity index (χ4v) is 1.25. The molecular formula is C9H11F2NO2. The summed E-state index contributed by atoms with van der Waals surface area (Å²) in [6.45, 7) is 1.19. The van der Waals surface area contributed by atoms with Crippen LogP contribution in [-0.2, 0) is 6.61 Å². The number of hydrogen-bond acceptors (Lipinski definition) is 3. The second-order valence-electron chi connectivity index (χ2n) is 2.78. The summed E-state index contributed by atoms with van der Waals surface area (Å²) >= 11 is 0. The second kappa shape index (κ2) is 4.32. The van der Waals surface area contributed by atoms with Crippen LogP contribution < -0.4 is 4.74 Å². The fraction of sp³-hybridized carbons (Fsp3) is 0.444. The molecule has 1 N–H and O–H groups in total. The molecule has 78 valence electrons. The third-order valence-corrected chi connectivity index (χ3v) is 1.98. The Balaban J connectivity index is 3.27. The van der Waals surface area contributed by atoms with Crippen LogP contribution in [0.25, 0.3) is 0 Å². The molecule has 1 heterocycles. The van der Waals surface area contributed by atoms with Gasteiger partial charge in [-0.2, -0.15) is 0 Å². The Bertz CT molecular complexity index is 329. The average Bonchev–Trinajstić information content (AvgIpc) is 2.16. The van der Waals surface area contributed by atoms with Crippen LogP contribution >= 0.6 is 0 Å². The third kappa shape index (κ3) is 1.82. The maximum Gasteiger partial charge on any atom is 0.265 e. The lowest BCUT2D eigenvalue weighted by atomic mass is 10.1. The number of aliphatic hydroxyl groups is 1. The maximum absolute atomic E-state index is 12.4. The van der Waals surface area contributed by atoms with Gasteiger partial charge in [0.25, 0.3) is 6.43 Å². The normalized spacial score (nSPS) is 10.7.